The number of nitrogens with two attached hydrogens (primary N) is 1. The second kappa shape index (κ2) is 5.30. The van der Waals surface area contributed by atoms with E-state index in [0.717, 1.165) is 21.6 Å². The largest absolute Gasteiger partial charge is 0.336 e. The SMILES string of the molecule is Cl.NC1CCN(C(=O)c2ccc(Br)s2)C1. The lowest BCUT2D eigenvalue weighted by Gasteiger charge is -2.13. The van der Waals surface area contributed by atoms with Gasteiger partial charge >= 0.3 is 0 Å². The Bertz CT molecular complexity index is 358. The summed E-state index contributed by atoms with van der Waals surface area (Å²) in [5.74, 6) is 0.105. The van der Waals surface area contributed by atoms with E-state index in [1.54, 1.807) is 0 Å². The molecule has 2 heterocycles. The minimum atomic E-state index is 0. The predicted octanol–water partition coefficient (Wildman–Crippen LogP) is 2.11. The molecule has 1 aliphatic rings. The van der Waals surface area contributed by atoms with Crippen molar-refractivity contribution in [2.24, 2.45) is 5.73 Å². The van der Waals surface area contributed by atoms with Gasteiger partial charge in [-0.05, 0) is 34.5 Å². The van der Waals surface area contributed by atoms with Crippen molar-refractivity contribution in [3.63, 3.8) is 0 Å². The quantitative estimate of drug-likeness (QED) is 0.863. The molecule has 1 fully saturated rings. The van der Waals surface area contributed by atoms with Gasteiger partial charge in [-0.3, -0.25) is 4.79 Å². The van der Waals surface area contributed by atoms with E-state index in [1.165, 1.54) is 11.3 Å². The third-order valence-electron chi connectivity index (χ3n) is 2.30. The molecule has 1 unspecified atom stereocenters. The van der Waals surface area contributed by atoms with E-state index in [-0.39, 0.29) is 24.4 Å². The van der Waals surface area contributed by atoms with Crippen LogP contribution in [-0.4, -0.2) is 29.9 Å². The molecule has 1 aromatic heterocycles. The van der Waals surface area contributed by atoms with Crippen molar-refractivity contribution >= 4 is 45.6 Å². The number of likely N-dealkylation sites (tertiary alicyclic amines) is 1. The van der Waals surface area contributed by atoms with Gasteiger partial charge in [-0.2, -0.15) is 0 Å². The fourth-order valence-electron chi connectivity index (χ4n) is 1.56. The standard InChI is InChI=1S/C9H11BrN2OS.ClH/c10-8-2-1-7(14-8)9(13)12-4-3-6(11)5-12;/h1-2,6H,3-5,11H2;1H. The van der Waals surface area contributed by atoms with Crippen LogP contribution in [0.15, 0.2) is 15.9 Å². The van der Waals surface area contributed by atoms with Gasteiger partial charge < -0.3 is 10.6 Å². The Balaban J connectivity index is 0.00000112. The van der Waals surface area contributed by atoms with Gasteiger partial charge in [-0.1, -0.05) is 0 Å². The van der Waals surface area contributed by atoms with Crippen molar-refractivity contribution in [1.82, 2.24) is 4.90 Å². The van der Waals surface area contributed by atoms with Crippen molar-refractivity contribution < 1.29 is 4.79 Å². The second-order valence-electron chi connectivity index (χ2n) is 3.40. The highest BCUT2D eigenvalue weighted by Crippen LogP contribution is 2.24. The molecule has 2 N–H and O–H groups in total. The third-order valence-corrected chi connectivity index (χ3v) is 3.91. The van der Waals surface area contributed by atoms with E-state index >= 15 is 0 Å². The lowest BCUT2D eigenvalue weighted by molar-refractivity contribution is 0.0795. The summed E-state index contributed by atoms with van der Waals surface area (Å²) in [4.78, 5) is 14.5. The maximum absolute atomic E-state index is 11.9. The van der Waals surface area contributed by atoms with Gasteiger partial charge in [0.15, 0.2) is 0 Å². The minimum Gasteiger partial charge on any atom is -0.336 e. The maximum atomic E-state index is 11.9. The molecular formula is C9H12BrClN2OS. The Hall–Kier alpha value is -0.100. The molecule has 2 rings (SSSR count). The Morgan fingerprint density at radius 2 is 2.33 bits per heavy atom. The smallest absolute Gasteiger partial charge is 0.264 e. The molecule has 0 saturated carbocycles. The zero-order chi connectivity index (χ0) is 10.1. The molecule has 1 saturated heterocycles. The van der Waals surface area contributed by atoms with Crippen LogP contribution in [0, 0.1) is 0 Å². The van der Waals surface area contributed by atoms with Crippen LogP contribution in [0.4, 0.5) is 0 Å². The normalized spacial score (nSPS) is 20.1. The van der Waals surface area contributed by atoms with Crippen molar-refractivity contribution in [2.45, 2.75) is 12.5 Å². The van der Waals surface area contributed by atoms with Crippen LogP contribution in [0.2, 0.25) is 0 Å². The molecule has 0 radical (unpaired) electrons. The zero-order valence-electron chi connectivity index (χ0n) is 7.98. The average Bonchev–Trinajstić information content (AvgIpc) is 2.73. The highest BCUT2D eigenvalue weighted by Gasteiger charge is 2.25. The van der Waals surface area contributed by atoms with Crippen molar-refractivity contribution in [2.75, 3.05) is 13.1 Å². The fraction of sp³-hybridized carbons (Fsp3) is 0.444. The van der Waals surface area contributed by atoms with Crippen LogP contribution >= 0.6 is 39.7 Å². The number of hydrogen-bond donors (Lipinski definition) is 1. The first-order valence-electron chi connectivity index (χ1n) is 4.47. The van der Waals surface area contributed by atoms with E-state index in [1.807, 2.05) is 17.0 Å². The molecule has 1 amide bonds. The Kier molecular flexibility index (Phi) is 4.58. The van der Waals surface area contributed by atoms with Gasteiger partial charge in [0.05, 0.1) is 8.66 Å². The molecule has 1 aromatic rings. The predicted molar refractivity (Wildman–Crippen MR) is 67.8 cm³/mol. The Labute approximate surface area is 107 Å². The number of amides is 1. The maximum Gasteiger partial charge on any atom is 0.264 e. The summed E-state index contributed by atoms with van der Waals surface area (Å²) >= 11 is 4.81. The summed E-state index contributed by atoms with van der Waals surface area (Å²) in [5, 5.41) is 0. The van der Waals surface area contributed by atoms with Gasteiger partial charge in [0.2, 0.25) is 0 Å². The van der Waals surface area contributed by atoms with Gasteiger partial charge in [0.25, 0.3) is 5.91 Å². The number of carbonyl (C=O) groups is 1. The molecule has 6 heteroatoms. The average molecular weight is 312 g/mol. The number of carbonyl (C=O) groups excluding carboxylic acids is 1. The second-order valence-corrected chi connectivity index (χ2v) is 5.87. The van der Waals surface area contributed by atoms with Crippen molar-refractivity contribution in [3.8, 4) is 0 Å². The van der Waals surface area contributed by atoms with Gasteiger partial charge in [0, 0.05) is 19.1 Å². The van der Waals surface area contributed by atoms with Crippen LogP contribution in [0.1, 0.15) is 16.1 Å². The molecule has 1 aliphatic heterocycles. The number of hydrogen-bond acceptors (Lipinski definition) is 3. The van der Waals surface area contributed by atoms with Crippen LogP contribution in [0.5, 0.6) is 0 Å². The molecule has 0 bridgehead atoms. The summed E-state index contributed by atoms with van der Waals surface area (Å²) in [7, 11) is 0. The van der Waals surface area contributed by atoms with E-state index in [4.69, 9.17) is 5.73 Å². The fourth-order valence-corrected chi connectivity index (χ4v) is 2.91. The first kappa shape index (κ1) is 13.0. The lowest BCUT2D eigenvalue weighted by atomic mass is 10.3. The summed E-state index contributed by atoms with van der Waals surface area (Å²) in [6, 6.07) is 3.90. The van der Waals surface area contributed by atoms with Crippen LogP contribution in [-0.2, 0) is 0 Å². The molecule has 0 spiro atoms. The topological polar surface area (TPSA) is 46.3 Å². The molecule has 0 aliphatic carbocycles. The minimum absolute atomic E-state index is 0. The van der Waals surface area contributed by atoms with Gasteiger partial charge in [-0.25, -0.2) is 0 Å². The van der Waals surface area contributed by atoms with E-state index < -0.39 is 0 Å². The summed E-state index contributed by atoms with van der Waals surface area (Å²) < 4.78 is 0.990. The third kappa shape index (κ3) is 2.93. The summed E-state index contributed by atoms with van der Waals surface area (Å²) in [6.45, 7) is 1.48. The zero-order valence-corrected chi connectivity index (χ0v) is 11.2. The van der Waals surface area contributed by atoms with Crippen LogP contribution in [0.3, 0.4) is 0 Å². The van der Waals surface area contributed by atoms with Crippen molar-refractivity contribution in [1.29, 1.82) is 0 Å². The van der Waals surface area contributed by atoms with Gasteiger partial charge in [-0.15, -0.1) is 23.7 Å². The van der Waals surface area contributed by atoms with Crippen molar-refractivity contribution in [3.05, 3.63) is 20.8 Å². The molecular weight excluding hydrogens is 300 g/mol. The van der Waals surface area contributed by atoms with E-state index in [9.17, 15) is 4.79 Å². The summed E-state index contributed by atoms with van der Waals surface area (Å²) in [6.07, 6.45) is 0.915. The molecule has 3 nitrogen and oxygen atoms in total. The van der Waals surface area contributed by atoms with E-state index in [0.29, 0.717) is 6.54 Å². The molecule has 84 valence electrons. The number of thiophene rings is 1. The number of nitrogens with zero attached hydrogens (tertiary/aromatic N) is 1. The highest BCUT2D eigenvalue weighted by molar-refractivity contribution is 9.11. The first-order chi connectivity index (χ1) is 6.66. The summed E-state index contributed by atoms with van der Waals surface area (Å²) in [5.41, 5.74) is 5.75. The Morgan fingerprint density at radius 1 is 1.60 bits per heavy atom. The van der Waals surface area contributed by atoms with E-state index in [2.05, 4.69) is 15.9 Å². The highest BCUT2D eigenvalue weighted by atomic mass is 79.9. The number of rotatable bonds is 1. The first-order valence-corrected chi connectivity index (χ1v) is 6.08. The van der Waals surface area contributed by atoms with Gasteiger partial charge in [0.1, 0.15) is 0 Å². The Morgan fingerprint density at radius 3 is 2.80 bits per heavy atom. The monoisotopic (exact) mass is 310 g/mol. The van der Waals surface area contributed by atoms with Crippen LogP contribution < -0.4 is 5.73 Å². The molecule has 15 heavy (non-hydrogen) atoms. The van der Waals surface area contributed by atoms with Crippen LogP contribution in [0.25, 0.3) is 0 Å². The molecule has 1 atom stereocenters. The number of halogens is 2. The lowest BCUT2D eigenvalue weighted by Crippen LogP contribution is -2.31. The molecule has 0 aromatic carbocycles.